The lowest BCUT2D eigenvalue weighted by atomic mass is 9.61. The Kier molecular flexibility index (Phi) is 0.976. The smallest absolute Gasteiger partial charge is 0.0386 e. The van der Waals surface area contributed by atoms with Crippen molar-refractivity contribution in [3.05, 3.63) is 0 Å². The van der Waals surface area contributed by atoms with Crippen molar-refractivity contribution in [3.63, 3.8) is 0 Å². The number of hydrogen-bond donors (Lipinski definition) is 0. The standard InChI is InChI=1S/C10H17N/c1-7(9-8-6-11(8)9)10(2)4-3-5-10/h7-9H,3-6H2,1-2H3. The monoisotopic (exact) mass is 151 g/mol. The zero-order chi connectivity index (χ0) is 7.64. The van der Waals surface area contributed by atoms with E-state index >= 15 is 0 Å². The summed E-state index contributed by atoms with van der Waals surface area (Å²) in [6, 6.07) is 2.06. The van der Waals surface area contributed by atoms with Crippen LogP contribution < -0.4 is 0 Å². The Labute approximate surface area is 68.8 Å². The van der Waals surface area contributed by atoms with Crippen LogP contribution in [-0.4, -0.2) is 23.5 Å². The van der Waals surface area contributed by atoms with Crippen molar-refractivity contribution in [1.29, 1.82) is 0 Å². The Hall–Kier alpha value is -0.0400. The largest absolute Gasteiger partial charge is 0.291 e. The van der Waals surface area contributed by atoms with Crippen LogP contribution in [0, 0.1) is 11.3 Å². The fourth-order valence-corrected chi connectivity index (χ4v) is 2.84. The van der Waals surface area contributed by atoms with E-state index in [1.165, 1.54) is 25.8 Å². The van der Waals surface area contributed by atoms with Crippen LogP contribution in [0.4, 0.5) is 0 Å². The summed E-state index contributed by atoms with van der Waals surface area (Å²) in [4.78, 5) is 2.63. The van der Waals surface area contributed by atoms with Gasteiger partial charge in [-0.1, -0.05) is 20.3 Å². The third-order valence-electron chi connectivity index (χ3n) is 4.49. The molecule has 0 aromatic heterocycles. The van der Waals surface area contributed by atoms with Gasteiger partial charge < -0.3 is 0 Å². The first kappa shape index (κ1) is 6.47. The minimum atomic E-state index is 0.734. The summed E-state index contributed by atoms with van der Waals surface area (Å²) in [6.45, 7) is 6.38. The van der Waals surface area contributed by atoms with Gasteiger partial charge in [0.25, 0.3) is 0 Å². The van der Waals surface area contributed by atoms with Crippen LogP contribution in [0.3, 0.4) is 0 Å². The maximum absolute atomic E-state index is 2.63. The Morgan fingerprint density at radius 1 is 1.45 bits per heavy atom. The second-order valence-electron chi connectivity index (χ2n) is 5.05. The van der Waals surface area contributed by atoms with Gasteiger partial charge in [-0.3, -0.25) is 4.90 Å². The zero-order valence-corrected chi connectivity index (χ0v) is 7.51. The van der Waals surface area contributed by atoms with Crippen LogP contribution in [0.25, 0.3) is 0 Å². The molecule has 1 nitrogen and oxygen atoms in total. The number of rotatable bonds is 2. The highest BCUT2D eigenvalue weighted by molar-refractivity contribution is 5.21. The summed E-state index contributed by atoms with van der Waals surface area (Å²) < 4.78 is 0. The number of hydrogen-bond acceptors (Lipinski definition) is 1. The van der Waals surface area contributed by atoms with Crippen LogP contribution in [-0.2, 0) is 0 Å². The van der Waals surface area contributed by atoms with Crippen molar-refractivity contribution in [3.8, 4) is 0 Å². The minimum Gasteiger partial charge on any atom is -0.291 e. The average molecular weight is 151 g/mol. The van der Waals surface area contributed by atoms with E-state index in [9.17, 15) is 0 Å². The maximum Gasteiger partial charge on any atom is 0.0386 e. The first-order valence-corrected chi connectivity index (χ1v) is 4.98. The summed E-state index contributed by atoms with van der Waals surface area (Å²) >= 11 is 0. The molecule has 4 unspecified atom stereocenters. The normalized spacial score (nSPS) is 52.4. The second-order valence-corrected chi connectivity index (χ2v) is 5.05. The topological polar surface area (TPSA) is 3.01 Å². The fourth-order valence-electron chi connectivity index (χ4n) is 2.84. The van der Waals surface area contributed by atoms with Crippen molar-refractivity contribution in [1.82, 2.24) is 4.90 Å². The van der Waals surface area contributed by atoms with Gasteiger partial charge in [-0.15, -0.1) is 0 Å². The van der Waals surface area contributed by atoms with E-state index in [1.54, 1.807) is 0 Å². The van der Waals surface area contributed by atoms with Crippen LogP contribution in [0.2, 0.25) is 0 Å². The summed E-state index contributed by atoms with van der Waals surface area (Å²) in [5.74, 6) is 0.981. The molecule has 1 heteroatoms. The lowest BCUT2D eigenvalue weighted by Crippen LogP contribution is -2.38. The summed E-state index contributed by atoms with van der Waals surface area (Å²) in [7, 11) is 0. The molecule has 0 aromatic carbocycles. The van der Waals surface area contributed by atoms with Crippen LogP contribution in [0.15, 0.2) is 0 Å². The SMILES string of the molecule is CC(C1C2CN21)C1(C)CCC1. The van der Waals surface area contributed by atoms with Gasteiger partial charge in [0, 0.05) is 18.6 Å². The average Bonchev–Trinajstić information content (AvgIpc) is 2.66. The fraction of sp³-hybridized carbons (Fsp3) is 1.00. The lowest BCUT2D eigenvalue weighted by Gasteiger charge is -2.44. The Balaban J connectivity index is 1.68. The summed E-state index contributed by atoms with van der Waals surface area (Å²) in [5, 5.41) is 0. The van der Waals surface area contributed by atoms with Crippen molar-refractivity contribution in [2.24, 2.45) is 11.3 Å². The molecule has 0 N–H and O–H groups in total. The molecule has 11 heavy (non-hydrogen) atoms. The Morgan fingerprint density at radius 3 is 2.36 bits per heavy atom. The van der Waals surface area contributed by atoms with Gasteiger partial charge in [0.1, 0.15) is 0 Å². The van der Waals surface area contributed by atoms with E-state index in [4.69, 9.17) is 0 Å². The zero-order valence-electron chi connectivity index (χ0n) is 7.51. The highest BCUT2D eigenvalue weighted by Gasteiger charge is 2.66. The molecule has 3 fully saturated rings. The van der Waals surface area contributed by atoms with E-state index in [0.717, 1.165) is 23.4 Å². The first-order chi connectivity index (χ1) is 5.22. The lowest BCUT2D eigenvalue weighted by molar-refractivity contribution is 0.0693. The van der Waals surface area contributed by atoms with Gasteiger partial charge in [0.2, 0.25) is 0 Å². The predicted octanol–water partition coefficient (Wildman–Crippen LogP) is 1.88. The highest BCUT2D eigenvalue weighted by Crippen LogP contribution is 2.57. The molecule has 2 saturated heterocycles. The highest BCUT2D eigenvalue weighted by atomic mass is 15.5. The van der Waals surface area contributed by atoms with E-state index < -0.39 is 0 Å². The second kappa shape index (κ2) is 1.66. The van der Waals surface area contributed by atoms with Crippen LogP contribution in [0.5, 0.6) is 0 Å². The molecule has 3 rings (SSSR count). The third kappa shape index (κ3) is 0.703. The molecule has 3 aliphatic rings. The molecule has 0 amide bonds. The van der Waals surface area contributed by atoms with E-state index in [1.807, 2.05) is 0 Å². The molecule has 1 saturated carbocycles. The molecule has 0 spiro atoms. The summed E-state index contributed by atoms with van der Waals surface area (Å²) in [6.07, 6.45) is 4.47. The Morgan fingerprint density at radius 2 is 2.09 bits per heavy atom. The molecule has 2 heterocycles. The van der Waals surface area contributed by atoms with Gasteiger partial charge in [0.05, 0.1) is 0 Å². The van der Waals surface area contributed by atoms with Gasteiger partial charge >= 0.3 is 0 Å². The van der Waals surface area contributed by atoms with Crippen LogP contribution >= 0.6 is 0 Å². The van der Waals surface area contributed by atoms with Crippen molar-refractivity contribution in [2.45, 2.75) is 45.2 Å². The van der Waals surface area contributed by atoms with Crippen LogP contribution in [0.1, 0.15) is 33.1 Å². The minimum absolute atomic E-state index is 0.734. The number of fused-ring (bicyclic) bond motifs is 1. The van der Waals surface area contributed by atoms with Crippen molar-refractivity contribution >= 4 is 0 Å². The molecular formula is C10H17N. The van der Waals surface area contributed by atoms with Gasteiger partial charge in [-0.05, 0) is 24.2 Å². The third-order valence-corrected chi connectivity index (χ3v) is 4.49. The van der Waals surface area contributed by atoms with E-state index in [-0.39, 0.29) is 0 Å². The summed E-state index contributed by atoms with van der Waals surface area (Å²) in [5.41, 5.74) is 0.734. The molecule has 0 bridgehead atoms. The van der Waals surface area contributed by atoms with E-state index in [0.29, 0.717) is 0 Å². The van der Waals surface area contributed by atoms with Gasteiger partial charge in [-0.2, -0.15) is 0 Å². The molecule has 1 aliphatic carbocycles. The first-order valence-electron chi connectivity index (χ1n) is 4.98. The quantitative estimate of drug-likeness (QED) is 0.544. The molecule has 0 aromatic rings. The van der Waals surface area contributed by atoms with E-state index in [2.05, 4.69) is 18.7 Å². The van der Waals surface area contributed by atoms with Crippen molar-refractivity contribution in [2.75, 3.05) is 6.54 Å². The molecular weight excluding hydrogens is 134 g/mol. The molecule has 0 radical (unpaired) electrons. The maximum atomic E-state index is 2.63. The van der Waals surface area contributed by atoms with Gasteiger partial charge in [0.15, 0.2) is 0 Å². The molecule has 62 valence electrons. The Bertz CT molecular complexity index is 187. The molecule has 2 aliphatic heterocycles. The predicted molar refractivity (Wildman–Crippen MR) is 45.4 cm³/mol. The van der Waals surface area contributed by atoms with Gasteiger partial charge in [-0.25, -0.2) is 0 Å². The number of nitrogens with zero attached hydrogens (tertiary/aromatic N) is 1. The van der Waals surface area contributed by atoms with Crippen molar-refractivity contribution < 1.29 is 0 Å². The molecule has 4 atom stereocenters.